The second-order valence-corrected chi connectivity index (χ2v) is 5.07. The predicted molar refractivity (Wildman–Crippen MR) is 75.1 cm³/mol. The van der Waals surface area contributed by atoms with Gasteiger partial charge in [-0.2, -0.15) is 5.10 Å². The van der Waals surface area contributed by atoms with Crippen LogP contribution in [-0.4, -0.2) is 25.5 Å². The lowest BCUT2D eigenvalue weighted by Gasteiger charge is -2.03. The van der Waals surface area contributed by atoms with Crippen LogP contribution in [0.2, 0.25) is 0 Å². The van der Waals surface area contributed by atoms with Gasteiger partial charge in [-0.25, -0.2) is 9.97 Å². The molecule has 0 aliphatic carbocycles. The minimum absolute atomic E-state index is 0.0307. The summed E-state index contributed by atoms with van der Waals surface area (Å²) in [6.45, 7) is 3.80. The highest BCUT2D eigenvalue weighted by molar-refractivity contribution is 9.10. The topological polar surface area (TPSA) is 60.7 Å². The van der Waals surface area contributed by atoms with Gasteiger partial charge >= 0.3 is 0 Å². The van der Waals surface area contributed by atoms with Crippen LogP contribution in [0.25, 0.3) is 0 Å². The molecule has 0 aromatic carbocycles. The highest BCUT2D eigenvalue weighted by atomic mass is 79.9. The smallest absolute Gasteiger partial charge is 0.187 e. The van der Waals surface area contributed by atoms with Crippen LogP contribution in [0.1, 0.15) is 34.6 Å². The fourth-order valence-corrected chi connectivity index (χ4v) is 2.62. The lowest BCUT2D eigenvalue weighted by molar-refractivity contribution is 0.0985. The number of aromatic nitrogens is 4. The first-order chi connectivity index (χ1) is 9.02. The van der Waals surface area contributed by atoms with Crippen molar-refractivity contribution in [2.24, 2.45) is 7.05 Å². The Kier molecular flexibility index (Phi) is 4.09. The number of halogens is 1. The van der Waals surface area contributed by atoms with E-state index in [0.717, 1.165) is 22.3 Å². The number of Topliss-reactive ketones (excluding diaryl/α,β-unsaturated/α-hetero) is 1. The second kappa shape index (κ2) is 5.61. The Balaban J connectivity index is 2.27. The maximum absolute atomic E-state index is 12.2. The van der Waals surface area contributed by atoms with Crippen molar-refractivity contribution >= 4 is 21.7 Å². The number of nitrogens with zero attached hydrogens (tertiary/aromatic N) is 4. The first-order valence-corrected chi connectivity index (χ1v) is 6.85. The molecular formula is C13H15BrN4O. The monoisotopic (exact) mass is 322 g/mol. The van der Waals surface area contributed by atoms with E-state index in [4.69, 9.17) is 0 Å². The summed E-state index contributed by atoms with van der Waals surface area (Å²) in [4.78, 5) is 20.4. The van der Waals surface area contributed by atoms with Crippen molar-refractivity contribution in [2.45, 2.75) is 26.7 Å². The summed E-state index contributed by atoms with van der Waals surface area (Å²) in [6, 6.07) is 1.64. The lowest BCUT2D eigenvalue weighted by atomic mass is 10.1. The van der Waals surface area contributed by atoms with Gasteiger partial charge in [-0.3, -0.25) is 9.48 Å². The Morgan fingerprint density at radius 1 is 1.47 bits per heavy atom. The van der Waals surface area contributed by atoms with Crippen LogP contribution >= 0.6 is 15.9 Å². The normalized spacial score (nSPS) is 10.7. The van der Waals surface area contributed by atoms with Gasteiger partial charge in [-0.05, 0) is 35.3 Å². The Hall–Kier alpha value is -1.56. The van der Waals surface area contributed by atoms with Gasteiger partial charge in [-0.15, -0.1) is 0 Å². The van der Waals surface area contributed by atoms with Crippen molar-refractivity contribution in [3.63, 3.8) is 0 Å². The quantitative estimate of drug-likeness (QED) is 0.810. The summed E-state index contributed by atoms with van der Waals surface area (Å²) in [7, 11) is 1.85. The van der Waals surface area contributed by atoms with Gasteiger partial charge in [0.2, 0.25) is 0 Å². The zero-order valence-corrected chi connectivity index (χ0v) is 12.7. The molecule has 6 heteroatoms. The molecule has 2 aromatic rings. The molecule has 0 atom stereocenters. The van der Waals surface area contributed by atoms with E-state index < -0.39 is 0 Å². The molecule has 2 heterocycles. The van der Waals surface area contributed by atoms with Gasteiger partial charge in [0, 0.05) is 13.2 Å². The third-order valence-corrected chi connectivity index (χ3v) is 3.81. The lowest BCUT2D eigenvalue weighted by Crippen LogP contribution is -2.10. The van der Waals surface area contributed by atoms with E-state index in [1.165, 1.54) is 0 Å². The molecule has 5 nitrogen and oxygen atoms in total. The summed E-state index contributed by atoms with van der Waals surface area (Å²) < 4.78 is 2.66. The van der Waals surface area contributed by atoms with E-state index in [0.29, 0.717) is 11.5 Å². The molecule has 0 bridgehead atoms. The number of hydrogen-bond acceptors (Lipinski definition) is 4. The van der Waals surface area contributed by atoms with E-state index >= 15 is 0 Å². The zero-order valence-electron chi connectivity index (χ0n) is 11.1. The predicted octanol–water partition coefficient (Wildman–Crippen LogP) is 2.27. The van der Waals surface area contributed by atoms with Gasteiger partial charge in [0.25, 0.3) is 0 Å². The third kappa shape index (κ3) is 2.89. The van der Waals surface area contributed by atoms with Gasteiger partial charge in [0.05, 0.1) is 22.3 Å². The number of carbonyl (C=O) groups excluding carboxylic acids is 1. The Labute approximate surface area is 120 Å². The van der Waals surface area contributed by atoms with Crippen molar-refractivity contribution in [1.29, 1.82) is 0 Å². The molecule has 19 heavy (non-hydrogen) atoms. The van der Waals surface area contributed by atoms with Gasteiger partial charge in [0.1, 0.15) is 11.5 Å². The fourth-order valence-electron chi connectivity index (χ4n) is 1.87. The molecule has 0 unspecified atom stereocenters. The number of ketones is 1. The molecule has 0 fully saturated rings. The highest BCUT2D eigenvalue weighted by Crippen LogP contribution is 2.22. The maximum Gasteiger partial charge on any atom is 0.187 e. The van der Waals surface area contributed by atoms with Crippen LogP contribution in [0.4, 0.5) is 0 Å². The minimum atomic E-state index is -0.0307. The maximum atomic E-state index is 12.2. The van der Waals surface area contributed by atoms with Gasteiger partial charge in [-0.1, -0.05) is 6.92 Å². The van der Waals surface area contributed by atoms with Gasteiger partial charge in [0.15, 0.2) is 5.78 Å². The van der Waals surface area contributed by atoms with Crippen molar-refractivity contribution < 1.29 is 4.79 Å². The van der Waals surface area contributed by atoms with E-state index in [2.05, 4.69) is 31.0 Å². The number of hydrogen-bond donors (Lipinski definition) is 0. The second-order valence-electron chi connectivity index (χ2n) is 4.27. The largest absolute Gasteiger partial charge is 0.292 e. The summed E-state index contributed by atoms with van der Waals surface area (Å²) in [5.74, 6) is 0.570. The average Bonchev–Trinajstić information content (AvgIpc) is 2.66. The summed E-state index contributed by atoms with van der Waals surface area (Å²) >= 11 is 3.51. The first-order valence-electron chi connectivity index (χ1n) is 6.06. The van der Waals surface area contributed by atoms with Crippen LogP contribution < -0.4 is 0 Å². The molecule has 2 aromatic heterocycles. The molecule has 0 radical (unpaired) electrons. The Morgan fingerprint density at radius 3 is 2.79 bits per heavy atom. The van der Waals surface area contributed by atoms with Crippen molar-refractivity contribution in [3.8, 4) is 0 Å². The van der Waals surface area contributed by atoms with Crippen molar-refractivity contribution in [2.75, 3.05) is 0 Å². The van der Waals surface area contributed by atoms with Crippen LogP contribution in [0.5, 0.6) is 0 Å². The number of aryl methyl sites for hydroxylation is 3. The molecule has 0 amide bonds. The van der Waals surface area contributed by atoms with Crippen LogP contribution in [0, 0.1) is 6.92 Å². The molecule has 0 aliphatic rings. The summed E-state index contributed by atoms with van der Waals surface area (Å²) in [6.07, 6.45) is 2.71. The van der Waals surface area contributed by atoms with E-state index in [-0.39, 0.29) is 12.2 Å². The number of rotatable bonds is 4. The molecule has 0 spiro atoms. The van der Waals surface area contributed by atoms with Crippen LogP contribution in [0.3, 0.4) is 0 Å². The average molecular weight is 323 g/mol. The molecule has 0 saturated heterocycles. The zero-order chi connectivity index (χ0) is 14.0. The van der Waals surface area contributed by atoms with Gasteiger partial charge < -0.3 is 0 Å². The van der Waals surface area contributed by atoms with E-state index in [1.54, 1.807) is 23.9 Å². The molecule has 2 rings (SSSR count). The van der Waals surface area contributed by atoms with E-state index in [1.807, 2.05) is 14.0 Å². The van der Waals surface area contributed by atoms with Crippen LogP contribution in [-0.2, 0) is 19.9 Å². The Morgan fingerprint density at radius 2 is 2.21 bits per heavy atom. The molecular weight excluding hydrogens is 308 g/mol. The third-order valence-electron chi connectivity index (χ3n) is 2.89. The molecule has 0 aliphatic heterocycles. The fraction of sp³-hybridized carbons (Fsp3) is 0.385. The van der Waals surface area contributed by atoms with Crippen molar-refractivity contribution in [3.05, 3.63) is 39.6 Å². The minimum Gasteiger partial charge on any atom is -0.292 e. The molecule has 0 saturated carbocycles. The molecule has 0 N–H and O–H groups in total. The molecule has 100 valence electrons. The van der Waals surface area contributed by atoms with Crippen LogP contribution in [0.15, 0.2) is 16.7 Å². The first kappa shape index (κ1) is 13.9. The Bertz CT molecular complexity index is 621. The van der Waals surface area contributed by atoms with E-state index in [9.17, 15) is 4.79 Å². The van der Waals surface area contributed by atoms with Crippen molar-refractivity contribution in [1.82, 2.24) is 19.7 Å². The standard InChI is InChI=1S/C13H15BrN4O/c1-4-9-13(14)11(18(3)17-9)7-12(19)10-5-6-15-8(2)16-10/h5-6H,4,7H2,1-3H3. The SMILES string of the molecule is CCc1nn(C)c(CC(=O)c2ccnc(C)n2)c1Br. The summed E-state index contributed by atoms with van der Waals surface area (Å²) in [5, 5.41) is 4.38. The highest BCUT2D eigenvalue weighted by Gasteiger charge is 2.17. The number of carbonyl (C=O) groups is 1. The summed E-state index contributed by atoms with van der Waals surface area (Å²) in [5.41, 5.74) is 2.28.